The van der Waals surface area contributed by atoms with Crippen LogP contribution in [0.15, 0.2) is 24.3 Å². The number of hydrogen-bond donors (Lipinski definition) is 3. The lowest BCUT2D eigenvalue weighted by Crippen LogP contribution is -2.51. The highest BCUT2D eigenvalue weighted by molar-refractivity contribution is 7.80. The van der Waals surface area contributed by atoms with Crippen LogP contribution in [0.25, 0.3) is 11.0 Å². The molecule has 0 radical (unpaired) electrons. The van der Waals surface area contributed by atoms with Gasteiger partial charge in [0, 0.05) is 13.1 Å². The van der Waals surface area contributed by atoms with Gasteiger partial charge >= 0.3 is 0 Å². The van der Waals surface area contributed by atoms with Gasteiger partial charge in [0.05, 0.1) is 17.5 Å². The summed E-state index contributed by atoms with van der Waals surface area (Å²) in [4.78, 5) is 16.7. The molecule has 1 aromatic heterocycles. The van der Waals surface area contributed by atoms with Crippen LogP contribution in [0.3, 0.4) is 0 Å². The van der Waals surface area contributed by atoms with E-state index in [-0.39, 0.29) is 12.3 Å². The Balaban J connectivity index is 1.28. The van der Waals surface area contributed by atoms with Crippen LogP contribution in [0.2, 0.25) is 0 Å². The number of nitrogens with one attached hydrogen (secondary N) is 3. The Morgan fingerprint density at radius 3 is 2.84 bits per heavy atom. The van der Waals surface area contributed by atoms with E-state index in [2.05, 4.69) is 21.2 Å². The third kappa shape index (κ3) is 3.33. The van der Waals surface area contributed by atoms with Gasteiger partial charge in [-0.3, -0.25) is 15.6 Å². The molecule has 132 valence electrons. The first-order chi connectivity index (χ1) is 12.1. The van der Waals surface area contributed by atoms with Crippen molar-refractivity contribution >= 4 is 34.3 Å². The smallest absolute Gasteiger partial charge is 0.245 e. The van der Waals surface area contributed by atoms with Crippen molar-refractivity contribution in [3.63, 3.8) is 0 Å². The Bertz CT molecular complexity index is 817. The van der Waals surface area contributed by atoms with E-state index in [1.807, 2.05) is 35.9 Å². The van der Waals surface area contributed by atoms with Crippen molar-refractivity contribution in [2.45, 2.75) is 38.1 Å². The van der Waals surface area contributed by atoms with Crippen molar-refractivity contribution < 1.29 is 4.79 Å². The van der Waals surface area contributed by atoms with Gasteiger partial charge < -0.3 is 9.88 Å². The Morgan fingerprint density at radius 2 is 2.12 bits per heavy atom. The number of hydrogen-bond acceptors (Lipinski definition) is 3. The molecule has 3 atom stereocenters. The number of amides is 1. The van der Waals surface area contributed by atoms with Crippen LogP contribution >= 0.6 is 12.2 Å². The Hall–Kier alpha value is -2.15. The maximum Gasteiger partial charge on any atom is 0.245 e. The summed E-state index contributed by atoms with van der Waals surface area (Å²) in [5.74, 6) is 2.17. The zero-order valence-electron chi connectivity index (χ0n) is 14.3. The summed E-state index contributed by atoms with van der Waals surface area (Å²) in [7, 11) is 1.92. The average Bonchev–Trinajstić information content (AvgIpc) is 3.29. The Morgan fingerprint density at radius 1 is 1.28 bits per heavy atom. The molecule has 0 spiro atoms. The SMILES string of the molecule is Cn1c(CC(=O)NNC(=S)NC2CC3CCC2C3)nc2ccccc21. The number of rotatable bonds is 3. The van der Waals surface area contributed by atoms with E-state index in [0.717, 1.165) is 28.7 Å². The van der Waals surface area contributed by atoms with Gasteiger partial charge in [0.15, 0.2) is 5.11 Å². The molecule has 0 saturated heterocycles. The predicted octanol–water partition coefficient (Wildman–Crippen LogP) is 1.80. The van der Waals surface area contributed by atoms with E-state index < -0.39 is 0 Å². The second kappa shape index (κ2) is 6.63. The molecule has 0 aliphatic heterocycles. The van der Waals surface area contributed by atoms with E-state index in [4.69, 9.17) is 12.2 Å². The minimum absolute atomic E-state index is 0.157. The molecule has 3 N–H and O–H groups in total. The molecule has 2 fully saturated rings. The van der Waals surface area contributed by atoms with Gasteiger partial charge in [-0.1, -0.05) is 18.6 Å². The first kappa shape index (κ1) is 16.3. The summed E-state index contributed by atoms with van der Waals surface area (Å²) in [6, 6.07) is 8.31. The third-order valence-electron chi connectivity index (χ3n) is 5.57. The number of benzene rings is 1. The number of aromatic nitrogens is 2. The molecule has 7 heteroatoms. The average molecular weight is 357 g/mol. The number of fused-ring (bicyclic) bond motifs is 3. The maximum atomic E-state index is 12.2. The molecule has 1 aromatic carbocycles. The number of imidazole rings is 1. The van der Waals surface area contributed by atoms with Crippen LogP contribution in [0.4, 0.5) is 0 Å². The van der Waals surface area contributed by atoms with Crippen LogP contribution in [0.1, 0.15) is 31.5 Å². The van der Waals surface area contributed by atoms with Crippen LogP contribution in [0.5, 0.6) is 0 Å². The molecule has 3 unspecified atom stereocenters. The lowest BCUT2D eigenvalue weighted by molar-refractivity contribution is -0.121. The molecule has 2 saturated carbocycles. The number of nitrogens with zero attached hydrogens (tertiary/aromatic N) is 2. The normalized spacial score (nSPS) is 24.4. The molecular weight excluding hydrogens is 334 g/mol. The van der Waals surface area contributed by atoms with Crippen LogP contribution < -0.4 is 16.2 Å². The van der Waals surface area contributed by atoms with Crippen molar-refractivity contribution in [2.24, 2.45) is 18.9 Å². The first-order valence-electron chi connectivity index (χ1n) is 8.86. The summed E-state index contributed by atoms with van der Waals surface area (Å²) in [5, 5.41) is 3.84. The van der Waals surface area contributed by atoms with E-state index in [1.54, 1.807) is 0 Å². The molecule has 2 aliphatic carbocycles. The largest absolute Gasteiger partial charge is 0.358 e. The third-order valence-corrected chi connectivity index (χ3v) is 5.79. The van der Waals surface area contributed by atoms with Gasteiger partial charge in [-0.05, 0) is 55.4 Å². The summed E-state index contributed by atoms with van der Waals surface area (Å²) in [6.07, 6.45) is 5.37. The molecule has 1 heterocycles. The van der Waals surface area contributed by atoms with Crippen molar-refractivity contribution in [2.75, 3.05) is 0 Å². The summed E-state index contributed by atoms with van der Waals surface area (Å²) >= 11 is 5.31. The molecule has 25 heavy (non-hydrogen) atoms. The van der Waals surface area contributed by atoms with Gasteiger partial charge in [0.25, 0.3) is 0 Å². The monoisotopic (exact) mass is 357 g/mol. The fourth-order valence-corrected chi connectivity index (χ4v) is 4.50. The van der Waals surface area contributed by atoms with Crippen molar-refractivity contribution in [3.8, 4) is 0 Å². The van der Waals surface area contributed by atoms with E-state index in [1.165, 1.54) is 25.7 Å². The minimum Gasteiger partial charge on any atom is -0.358 e. The zero-order valence-corrected chi connectivity index (χ0v) is 15.1. The summed E-state index contributed by atoms with van der Waals surface area (Å²) in [5.41, 5.74) is 7.42. The molecular formula is C18H23N5OS. The minimum atomic E-state index is -0.157. The van der Waals surface area contributed by atoms with Crippen molar-refractivity contribution in [1.82, 2.24) is 25.7 Å². The lowest BCUT2D eigenvalue weighted by atomic mass is 9.96. The zero-order chi connectivity index (χ0) is 17.4. The van der Waals surface area contributed by atoms with E-state index in [9.17, 15) is 4.79 Å². The van der Waals surface area contributed by atoms with Gasteiger partial charge in [0.2, 0.25) is 5.91 Å². The molecule has 2 aromatic rings. The maximum absolute atomic E-state index is 12.2. The molecule has 4 rings (SSSR count). The van der Waals surface area contributed by atoms with Gasteiger partial charge in [-0.15, -0.1) is 0 Å². The number of carbonyl (C=O) groups excluding carboxylic acids is 1. The van der Waals surface area contributed by atoms with Crippen LogP contribution in [0, 0.1) is 11.8 Å². The van der Waals surface area contributed by atoms with Crippen LogP contribution in [-0.4, -0.2) is 26.6 Å². The number of carbonyl (C=O) groups is 1. The number of thiocarbonyl (C=S) groups is 1. The fraction of sp³-hybridized carbons (Fsp3) is 0.500. The number of para-hydroxylation sites is 2. The second-order valence-corrected chi connectivity index (χ2v) is 7.59. The van der Waals surface area contributed by atoms with E-state index in [0.29, 0.717) is 11.2 Å². The predicted molar refractivity (Wildman–Crippen MR) is 101 cm³/mol. The van der Waals surface area contributed by atoms with Crippen molar-refractivity contribution in [1.29, 1.82) is 0 Å². The standard InChI is InChI=1S/C18H23N5OS/c1-23-15-5-3-2-4-13(15)19-16(23)10-17(24)21-22-18(25)20-14-9-11-6-7-12(14)8-11/h2-5,11-12,14H,6-10H2,1H3,(H,21,24)(H2,20,22,25). The van der Waals surface area contributed by atoms with Gasteiger partial charge in [0.1, 0.15) is 5.82 Å². The molecule has 2 bridgehead atoms. The summed E-state index contributed by atoms with van der Waals surface area (Å²) in [6.45, 7) is 0. The molecule has 6 nitrogen and oxygen atoms in total. The van der Waals surface area contributed by atoms with Gasteiger partial charge in [-0.25, -0.2) is 4.98 Å². The Labute approximate surface area is 152 Å². The quantitative estimate of drug-likeness (QED) is 0.577. The van der Waals surface area contributed by atoms with E-state index >= 15 is 0 Å². The molecule has 2 aliphatic rings. The lowest BCUT2D eigenvalue weighted by Gasteiger charge is -2.24. The van der Waals surface area contributed by atoms with Crippen molar-refractivity contribution in [3.05, 3.63) is 30.1 Å². The fourth-order valence-electron chi connectivity index (χ4n) is 4.29. The number of aryl methyl sites for hydroxylation is 1. The molecule has 1 amide bonds. The Kier molecular flexibility index (Phi) is 4.33. The highest BCUT2D eigenvalue weighted by Gasteiger charge is 2.39. The number of hydrazine groups is 1. The first-order valence-corrected chi connectivity index (χ1v) is 9.26. The highest BCUT2D eigenvalue weighted by Crippen LogP contribution is 2.44. The topological polar surface area (TPSA) is 71.0 Å². The van der Waals surface area contributed by atoms with Gasteiger partial charge in [-0.2, -0.15) is 0 Å². The van der Waals surface area contributed by atoms with Crippen LogP contribution in [-0.2, 0) is 18.3 Å². The second-order valence-electron chi connectivity index (χ2n) is 7.18. The highest BCUT2D eigenvalue weighted by atomic mass is 32.1. The summed E-state index contributed by atoms with van der Waals surface area (Å²) < 4.78 is 1.95.